The van der Waals surface area contributed by atoms with E-state index in [-0.39, 0.29) is 29.3 Å². The van der Waals surface area contributed by atoms with Crippen molar-refractivity contribution in [1.29, 1.82) is 0 Å². The van der Waals surface area contributed by atoms with E-state index in [0.717, 1.165) is 25.7 Å². The summed E-state index contributed by atoms with van der Waals surface area (Å²) < 4.78 is 33.4. The van der Waals surface area contributed by atoms with Gasteiger partial charge >= 0.3 is 0 Å². The topological polar surface area (TPSA) is 75.7 Å². The van der Waals surface area contributed by atoms with Crippen molar-refractivity contribution in [2.75, 3.05) is 19.7 Å². The summed E-state index contributed by atoms with van der Waals surface area (Å²) in [6, 6.07) is 4.84. The third-order valence-corrected chi connectivity index (χ3v) is 7.65. The second-order valence-corrected chi connectivity index (χ2v) is 9.91. The zero-order valence-corrected chi connectivity index (χ0v) is 17.9. The van der Waals surface area contributed by atoms with Gasteiger partial charge in [0.15, 0.2) is 0 Å². The van der Waals surface area contributed by atoms with Crippen molar-refractivity contribution < 1.29 is 17.9 Å². The van der Waals surface area contributed by atoms with Crippen LogP contribution in [0.3, 0.4) is 0 Å². The molecule has 28 heavy (non-hydrogen) atoms. The van der Waals surface area contributed by atoms with Gasteiger partial charge in [0, 0.05) is 24.2 Å². The Morgan fingerprint density at radius 1 is 1.21 bits per heavy atom. The number of hydrogen-bond donors (Lipinski definition) is 1. The number of ether oxygens (including phenoxy) is 1. The highest BCUT2D eigenvalue weighted by molar-refractivity contribution is 7.89. The van der Waals surface area contributed by atoms with E-state index in [1.54, 1.807) is 19.1 Å². The van der Waals surface area contributed by atoms with E-state index in [1.807, 2.05) is 0 Å². The Balaban J connectivity index is 1.74. The van der Waals surface area contributed by atoms with E-state index in [1.165, 1.54) is 16.8 Å². The summed E-state index contributed by atoms with van der Waals surface area (Å²) in [6.45, 7) is 2.75. The molecule has 3 rings (SSSR count). The van der Waals surface area contributed by atoms with Gasteiger partial charge in [-0.3, -0.25) is 4.79 Å². The first-order chi connectivity index (χ1) is 13.4. The molecule has 1 aliphatic heterocycles. The Bertz CT molecular complexity index is 793. The van der Waals surface area contributed by atoms with E-state index in [4.69, 9.17) is 16.3 Å². The molecule has 1 heterocycles. The van der Waals surface area contributed by atoms with E-state index in [0.29, 0.717) is 36.8 Å². The lowest BCUT2D eigenvalue weighted by Gasteiger charge is -2.33. The number of amides is 1. The van der Waals surface area contributed by atoms with Crippen LogP contribution in [-0.2, 0) is 14.8 Å². The number of rotatable bonds is 6. The highest BCUT2D eigenvalue weighted by atomic mass is 35.5. The monoisotopic (exact) mass is 428 g/mol. The second kappa shape index (κ2) is 9.46. The van der Waals surface area contributed by atoms with Crippen LogP contribution in [-0.4, -0.2) is 44.4 Å². The first kappa shape index (κ1) is 21.4. The maximum Gasteiger partial charge on any atom is 0.246 e. The fraction of sp³-hybridized carbons (Fsp3) is 0.650. The van der Waals surface area contributed by atoms with Crippen molar-refractivity contribution in [3.05, 3.63) is 23.2 Å². The van der Waals surface area contributed by atoms with E-state index >= 15 is 0 Å². The predicted molar refractivity (Wildman–Crippen MR) is 109 cm³/mol. The first-order valence-electron chi connectivity index (χ1n) is 10.1. The lowest BCUT2D eigenvalue weighted by atomic mass is 9.93. The molecule has 1 N–H and O–H groups in total. The van der Waals surface area contributed by atoms with Gasteiger partial charge in [-0.05, 0) is 50.8 Å². The summed E-state index contributed by atoms with van der Waals surface area (Å²) in [5.74, 6) is -0.0521. The van der Waals surface area contributed by atoms with Crippen LogP contribution in [0.5, 0.6) is 5.75 Å². The van der Waals surface area contributed by atoms with Gasteiger partial charge in [0.2, 0.25) is 15.9 Å². The largest absolute Gasteiger partial charge is 0.492 e. The summed E-state index contributed by atoms with van der Waals surface area (Å²) in [5, 5.41) is 3.47. The van der Waals surface area contributed by atoms with Crippen molar-refractivity contribution in [3.63, 3.8) is 0 Å². The molecule has 1 aromatic rings. The maximum atomic E-state index is 13.2. The summed E-state index contributed by atoms with van der Waals surface area (Å²) >= 11 is 6.05. The summed E-state index contributed by atoms with van der Waals surface area (Å²) in [7, 11) is -3.79. The van der Waals surface area contributed by atoms with Crippen LogP contribution in [0.2, 0.25) is 5.02 Å². The minimum absolute atomic E-state index is 0.0251. The Morgan fingerprint density at radius 3 is 2.68 bits per heavy atom. The van der Waals surface area contributed by atoms with Gasteiger partial charge in [-0.1, -0.05) is 30.9 Å². The average Bonchev–Trinajstić information content (AvgIpc) is 2.70. The van der Waals surface area contributed by atoms with Gasteiger partial charge in [-0.2, -0.15) is 4.31 Å². The van der Waals surface area contributed by atoms with Crippen molar-refractivity contribution in [2.24, 2.45) is 5.92 Å². The third kappa shape index (κ3) is 4.99. The fourth-order valence-corrected chi connectivity index (χ4v) is 5.96. The minimum atomic E-state index is -3.79. The number of piperidine rings is 1. The number of carbonyl (C=O) groups is 1. The minimum Gasteiger partial charge on any atom is -0.492 e. The number of benzene rings is 1. The number of nitrogens with zero attached hydrogens (tertiary/aromatic N) is 1. The highest BCUT2D eigenvalue weighted by Crippen LogP contribution is 2.32. The van der Waals surface area contributed by atoms with Crippen LogP contribution in [0.4, 0.5) is 0 Å². The normalized spacial score (nSPS) is 22.0. The fourth-order valence-electron chi connectivity index (χ4n) is 4.04. The number of hydrogen-bond acceptors (Lipinski definition) is 4. The molecule has 0 aromatic heterocycles. The van der Waals surface area contributed by atoms with E-state index < -0.39 is 10.0 Å². The summed E-state index contributed by atoms with van der Waals surface area (Å²) in [6.07, 6.45) is 6.91. The molecule has 156 valence electrons. The van der Waals surface area contributed by atoms with Crippen LogP contribution < -0.4 is 10.1 Å². The van der Waals surface area contributed by atoms with Crippen LogP contribution in [0, 0.1) is 5.92 Å². The first-order valence-corrected chi connectivity index (χ1v) is 12.0. The molecule has 1 saturated carbocycles. The van der Waals surface area contributed by atoms with E-state index in [2.05, 4.69) is 5.32 Å². The van der Waals surface area contributed by atoms with Gasteiger partial charge in [0.25, 0.3) is 0 Å². The molecule has 2 fully saturated rings. The molecule has 1 saturated heterocycles. The molecule has 1 aliphatic carbocycles. The van der Waals surface area contributed by atoms with Gasteiger partial charge in [0.1, 0.15) is 10.6 Å². The summed E-state index contributed by atoms with van der Waals surface area (Å²) in [5.41, 5.74) is 0. The summed E-state index contributed by atoms with van der Waals surface area (Å²) in [4.78, 5) is 12.8. The molecule has 0 unspecified atom stereocenters. The zero-order chi connectivity index (χ0) is 20.1. The predicted octanol–water partition coefficient (Wildman–Crippen LogP) is 3.59. The number of sulfonamides is 1. The molecular formula is C20H29ClN2O4S. The quantitative estimate of drug-likeness (QED) is 0.751. The standard InChI is InChI=1S/C20H29ClN2O4S/c1-2-27-18-11-10-16(21)13-19(18)28(25,26)23-12-6-7-15(14-23)20(24)22-17-8-4-3-5-9-17/h10-11,13,15,17H,2-9,12,14H2,1H3,(H,22,24)/t15-/m0/s1. The lowest BCUT2D eigenvalue weighted by Crippen LogP contribution is -2.47. The van der Waals surface area contributed by atoms with Crippen molar-refractivity contribution in [1.82, 2.24) is 9.62 Å². The third-order valence-electron chi connectivity index (χ3n) is 5.53. The smallest absolute Gasteiger partial charge is 0.246 e. The SMILES string of the molecule is CCOc1ccc(Cl)cc1S(=O)(=O)N1CCC[C@H](C(=O)NC2CCCCC2)C1. The number of halogens is 1. The van der Waals surface area contributed by atoms with Crippen molar-refractivity contribution >= 4 is 27.5 Å². The Kier molecular flexibility index (Phi) is 7.23. The van der Waals surface area contributed by atoms with Crippen molar-refractivity contribution in [2.45, 2.75) is 62.8 Å². The van der Waals surface area contributed by atoms with Crippen LogP contribution in [0.25, 0.3) is 0 Å². The number of nitrogens with one attached hydrogen (secondary N) is 1. The molecule has 1 amide bonds. The van der Waals surface area contributed by atoms with Crippen LogP contribution in [0.15, 0.2) is 23.1 Å². The lowest BCUT2D eigenvalue weighted by molar-refractivity contribution is -0.127. The van der Waals surface area contributed by atoms with Crippen molar-refractivity contribution in [3.8, 4) is 5.75 Å². The van der Waals surface area contributed by atoms with Gasteiger partial charge in [-0.25, -0.2) is 8.42 Å². The maximum absolute atomic E-state index is 13.2. The molecule has 1 atom stereocenters. The Hall–Kier alpha value is -1.31. The van der Waals surface area contributed by atoms with Crippen LogP contribution >= 0.6 is 11.6 Å². The molecule has 1 aromatic carbocycles. The molecule has 0 bridgehead atoms. The molecule has 2 aliphatic rings. The molecule has 8 heteroatoms. The zero-order valence-electron chi connectivity index (χ0n) is 16.3. The van der Waals surface area contributed by atoms with Gasteiger partial charge < -0.3 is 10.1 Å². The molecule has 0 radical (unpaired) electrons. The van der Waals surface area contributed by atoms with Crippen LogP contribution in [0.1, 0.15) is 51.9 Å². The average molecular weight is 429 g/mol. The second-order valence-electron chi connectivity index (χ2n) is 7.57. The molecule has 6 nitrogen and oxygen atoms in total. The Labute approximate surface area is 172 Å². The highest BCUT2D eigenvalue weighted by Gasteiger charge is 2.35. The number of carbonyl (C=O) groups excluding carboxylic acids is 1. The van der Waals surface area contributed by atoms with E-state index in [9.17, 15) is 13.2 Å². The molecular weight excluding hydrogens is 400 g/mol. The van der Waals surface area contributed by atoms with Gasteiger partial charge in [-0.15, -0.1) is 0 Å². The Morgan fingerprint density at radius 2 is 1.96 bits per heavy atom. The van der Waals surface area contributed by atoms with Gasteiger partial charge in [0.05, 0.1) is 12.5 Å². The molecule has 0 spiro atoms.